The first kappa shape index (κ1) is 27.3. The lowest BCUT2D eigenvalue weighted by Crippen LogP contribution is -2.57. The summed E-state index contributed by atoms with van der Waals surface area (Å²) in [4.78, 5) is 19.3. The monoisotopic (exact) mass is 530 g/mol. The van der Waals surface area contributed by atoms with Crippen LogP contribution in [0.2, 0.25) is 0 Å². The molecule has 0 bridgehead atoms. The molecule has 0 saturated carbocycles. The highest BCUT2D eigenvalue weighted by molar-refractivity contribution is 8.32. The molecule has 2 N–H and O–H groups in total. The number of aromatic nitrogens is 2. The second-order valence-electron chi connectivity index (χ2n) is 10.9. The molecule has 2 saturated heterocycles. The van der Waals surface area contributed by atoms with E-state index in [4.69, 9.17) is 4.74 Å². The summed E-state index contributed by atoms with van der Waals surface area (Å²) in [6.07, 6.45) is 8.51. The number of amides is 1. The number of carbonyl (C=O) groups is 1. The number of phenols is 1. The van der Waals surface area contributed by atoms with Crippen LogP contribution in [0.1, 0.15) is 19.8 Å². The Kier molecular flexibility index (Phi) is 8.69. The van der Waals surface area contributed by atoms with Crippen molar-refractivity contribution in [3.63, 3.8) is 0 Å². The van der Waals surface area contributed by atoms with Crippen molar-refractivity contribution in [1.29, 1.82) is 0 Å². The van der Waals surface area contributed by atoms with Crippen LogP contribution in [0.15, 0.2) is 30.3 Å². The number of hydrogen-bond donors (Lipinski definition) is 2. The molecule has 0 spiro atoms. The second-order valence-corrected chi connectivity index (χ2v) is 15.5. The molecule has 9 nitrogen and oxygen atoms in total. The highest BCUT2D eigenvalue weighted by atomic mass is 32.3. The van der Waals surface area contributed by atoms with Crippen molar-refractivity contribution in [2.75, 3.05) is 81.1 Å². The molecule has 1 aromatic heterocycles. The van der Waals surface area contributed by atoms with Gasteiger partial charge in [0.1, 0.15) is 12.4 Å². The van der Waals surface area contributed by atoms with Crippen LogP contribution >= 0.6 is 10.0 Å². The summed E-state index contributed by atoms with van der Waals surface area (Å²) < 4.78 is 5.54. The number of piperazine rings is 1. The molecule has 3 heterocycles. The molecule has 37 heavy (non-hydrogen) atoms. The number of piperidine rings is 1. The van der Waals surface area contributed by atoms with Crippen molar-refractivity contribution in [2.24, 2.45) is 0 Å². The van der Waals surface area contributed by atoms with Gasteiger partial charge < -0.3 is 25.0 Å². The first-order valence-electron chi connectivity index (χ1n) is 13.1. The molecule has 0 aliphatic carbocycles. The third-order valence-electron chi connectivity index (χ3n) is 7.32. The van der Waals surface area contributed by atoms with Crippen molar-refractivity contribution >= 4 is 27.6 Å². The Hall–Kier alpha value is -2.72. The van der Waals surface area contributed by atoms with Gasteiger partial charge in [0.2, 0.25) is 0 Å². The minimum absolute atomic E-state index is 0.162. The van der Waals surface area contributed by atoms with E-state index in [1.807, 2.05) is 30.1 Å². The van der Waals surface area contributed by atoms with E-state index in [1.165, 1.54) is 0 Å². The van der Waals surface area contributed by atoms with Crippen molar-refractivity contribution in [2.45, 2.75) is 31.8 Å². The lowest BCUT2D eigenvalue weighted by atomic mass is 10.0. The average Bonchev–Trinajstić information content (AvgIpc) is 2.88. The molecule has 2 aliphatic heterocycles. The summed E-state index contributed by atoms with van der Waals surface area (Å²) in [7, 11) is 1.20. The molecule has 10 heteroatoms. The van der Waals surface area contributed by atoms with E-state index >= 15 is 0 Å². The van der Waals surface area contributed by atoms with E-state index in [1.54, 1.807) is 12.1 Å². The quantitative estimate of drug-likeness (QED) is 0.560. The van der Waals surface area contributed by atoms with Crippen LogP contribution in [0.5, 0.6) is 5.75 Å². The third kappa shape index (κ3) is 6.78. The molecule has 4 rings (SSSR count). The van der Waals surface area contributed by atoms with Crippen LogP contribution in [0.3, 0.4) is 0 Å². The number of benzene rings is 1. The Morgan fingerprint density at radius 3 is 2.51 bits per heavy atom. The van der Waals surface area contributed by atoms with Crippen LogP contribution in [0.4, 0.5) is 16.3 Å². The number of likely N-dealkylation sites (tertiary alicyclic amines) is 1. The SMILES string of the molecule is CNc1nnc(-c2ccccc2O)cc1N1CCN(C2CCN(C(=O)OCCS(C)(C)C)CC2)C[C@@H]1C. The van der Waals surface area contributed by atoms with Gasteiger partial charge in [-0.05, 0) is 56.7 Å². The van der Waals surface area contributed by atoms with E-state index in [-0.39, 0.29) is 17.9 Å². The molecule has 2 fully saturated rings. The van der Waals surface area contributed by atoms with Crippen molar-refractivity contribution < 1.29 is 14.6 Å². The topological polar surface area (TPSA) is 94.1 Å². The predicted molar refractivity (Wildman–Crippen MR) is 153 cm³/mol. The number of ether oxygens (including phenoxy) is 1. The van der Waals surface area contributed by atoms with Gasteiger partial charge in [0.25, 0.3) is 0 Å². The van der Waals surface area contributed by atoms with Crippen molar-refractivity contribution in [1.82, 2.24) is 20.0 Å². The van der Waals surface area contributed by atoms with E-state index in [9.17, 15) is 9.90 Å². The highest BCUT2D eigenvalue weighted by Crippen LogP contribution is 2.35. The molecule has 2 aromatic rings. The first-order chi connectivity index (χ1) is 17.7. The number of aromatic hydroxyl groups is 1. The smallest absolute Gasteiger partial charge is 0.409 e. The molecule has 1 atom stereocenters. The fourth-order valence-corrected chi connectivity index (χ4v) is 5.74. The maximum Gasteiger partial charge on any atom is 0.409 e. The number of nitrogens with one attached hydrogen (secondary N) is 1. The van der Waals surface area contributed by atoms with Gasteiger partial charge in [-0.25, -0.2) is 14.8 Å². The summed E-state index contributed by atoms with van der Waals surface area (Å²) in [5, 5.41) is 22.3. The fraction of sp³-hybridized carbons (Fsp3) is 0.593. The van der Waals surface area contributed by atoms with Gasteiger partial charge in [0.15, 0.2) is 5.82 Å². The lowest BCUT2D eigenvalue weighted by Gasteiger charge is -2.46. The summed E-state index contributed by atoms with van der Waals surface area (Å²) in [5.74, 6) is 1.89. The normalized spacial score (nSPS) is 20.1. The minimum atomic E-state index is -0.656. The van der Waals surface area contributed by atoms with Crippen LogP contribution in [0.25, 0.3) is 11.3 Å². The zero-order valence-corrected chi connectivity index (χ0v) is 23.6. The number of phenolic OH excluding ortho intramolecular Hbond substituents is 1. The number of para-hydroxylation sites is 1. The predicted octanol–water partition coefficient (Wildman–Crippen LogP) is 3.70. The molecule has 1 amide bonds. The first-order valence-corrected chi connectivity index (χ1v) is 16.1. The summed E-state index contributed by atoms with van der Waals surface area (Å²) in [5.41, 5.74) is 2.33. The lowest BCUT2D eigenvalue weighted by molar-refractivity contribution is 0.0695. The van der Waals surface area contributed by atoms with Gasteiger partial charge in [-0.3, -0.25) is 4.90 Å². The Labute approximate surface area is 222 Å². The van der Waals surface area contributed by atoms with E-state index in [2.05, 4.69) is 51.0 Å². The average molecular weight is 531 g/mol. The summed E-state index contributed by atoms with van der Waals surface area (Å²) in [6, 6.07) is 10.00. The zero-order chi connectivity index (χ0) is 26.6. The number of rotatable bonds is 7. The van der Waals surface area contributed by atoms with Crippen LogP contribution in [0, 0.1) is 0 Å². The molecule has 2 aliphatic rings. The van der Waals surface area contributed by atoms with E-state index < -0.39 is 10.0 Å². The van der Waals surface area contributed by atoms with Gasteiger partial charge in [-0.2, -0.15) is 0 Å². The minimum Gasteiger partial charge on any atom is -0.507 e. The maximum atomic E-state index is 12.5. The molecular formula is C27H42N6O3S. The second kappa shape index (κ2) is 11.8. The molecule has 204 valence electrons. The van der Waals surface area contributed by atoms with Gasteiger partial charge in [0, 0.05) is 63.2 Å². The number of hydrogen-bond acceptors (Lipinski definition) is 8. The largest absolute Gasteiger partial charge is 0.507 e. The van der Waals surface area contributed by atoms with Crippen molar-refractivity contribution in [3.05, 3.63) is 30.3 Å². The fourth-order valence-electron chi connectivity index (χ4n) is 5.16. The Morgan fingerprint density at radius 2 is 1.86 bits per heavy atom. The summed E-state index contributed by atoms with van der Waals surface area (Å²) in [6.45, 7) is 7.03. The molecule has 0 unspecified atom stereocenters. The van der Waals surface area contributed by atoms with E-state index in [0.29, 0.717) is 23.9 Å². The van der Waals surface area contributed by atoms with Crippen LogP contribution < -0.4 is 10.2 Å². The zero-order valence-electron chi connectivity index (χ0n) is 22.8. The Morgan fingerprint density at radius 1 is 1.14 bits per heavy atom. The number of nitrogens with zero attached hydrogens (tertiary/aromatic N) is 5. The Balaban J connectivity index is 1.35. The van der Waals surface area contributed by atoms with E-state index in [0.717, 1.165) is 62.8 Å². The standard InChI is InChI=1S/C27H42N6O3S/c1-20-19-32(21-10-12-31(13-11-21)27(35)36-16-17-37(3,4)5)14-15-33(20)24-18-23(29-30-26(24)28-2)22-8-6-7-9-25(22)34/h6-9,18,20-21,34H,10-17,19H2,1-5H3,(H,28,30)/t20-/m0/s1. The van der Waals surface area contributed by atoms with Crippen LogP contribution in [-0.2, 0) is 4.74 Å². The van der Waals surface area contributed by atoms with Gasteiger partial charge in [-0.1, -0.05) is 12.1 Å². The van der Waals surface area contributed by atoms with Gasteiger partial charge in [-0.15, -0.1) is 10.2 Å². The third-order valence-corrected chi connectivity index (χ3v) is 8.71. The number of anilines is 2. The number of carbonyl (C=O) groups excluding carboxylic acids is 1. The molecule has 0 radical (unpaired) electrons. The van der Waals surface area contributed by atoms with Crippen molar-refractivity contribution in [3.8, 4) is 17.0 Å². The molecular weight excluding hydrogens is 488 g/mol. The summed E-state index contributed by atoms with van der Waals surface area (Å²) >= 11 is 0. The van der Waals surface area contributed by atoms with Crippen LogP contribution in [-0.4, -0.2) is 114 Å². The maximum absolute atomic E-state index is 12.5. The Bertz CT molecular complexity index is 1070. The van der Waals surface area contributed by atoms with Gasteiger partial charge in [0.05, 0.1) is 11.4 Å². The highest BCUT2D eigenvalue weighted by Gasteiger charge is 2.33. The molecule has 1 aromatic carbocycles. The van der Waals surface area contributed by atoms with Gasteiger partial charge >= 0.3 is 6.09 Å².